The van der Waals surface area contributed by atoms with Crippen molar-refractivity contribution in [3.63, 3.8) is 0 Å². The fourth-order valence-corrected chi connectivity index (χ4v) is 3.95. The maximum Gasteiger partial charge on any atom is 0.243 e. The van der Waals surface area contributed by atoms with Gasteiger partial charge in [-0.2, -0.15) is 4.31 Å². The lowest BCUT2D eigenvalue weighted by molar-refractivity contribution is 0.115. The van der Waals surface area contributed by atoms with E-state index in [1.165, 1.54) is 9.87 Å². The van der Waals surface area contributed by atoms with Gasteiger partial charge in [-0.15, -0.1) is 0 Å². The molecule has 4 nitrogen and oxygen atoms in total. The van der Waals surface area contributed by atoms with Crippen molar-refractivity contribution in [3.05, 3.63) is 29.8 Å². The number of hydrogen-bond acceptors (Lipinski definition) is 3. The van der Waals surface area contributed by atoms with Crippen LogP contribution in [0.5, 0.6) is 0 Å². The van der Waals surface area contributed by atoms with Gasteiger partial charge in [0.2, 0.25) is 10.0 Å². The maximum absolute atomic E-state index is 12.5. The van der Waals surface area contributed by atoms with Gasteiger partial charge in [-0.3, -0.25) is 0 Å². The lowest BCUT2D eigenvalue weighted by Gasteiger charge is -2.16. The van der Waals surface area contributed by atoms with E-state index in [1.807, 2.05) is 12.1 Å². The molecule has 0 saturated carbocycles. The standard InChI is InChI=1S/C15H23NO3S/c1-3-4-5-13-6-8-15(9-7-13)20(17,18)16-11-10-14(12-16)19-2/h6-9,14H,3-5,10-12H2,1-2H3. The molecular weight excluding hydrogens is 274 g/mol. The van der Waals surface area contributed by atoms with E-state index in [2.05, 4.69) is 6.92 Å². The second-order valence-electron chi connectivity index (χ2n) is 5.26. The highest BCUT2D eigenvalue weighted by Gasteiger charge is 2.32. The minimum Gasteiger partial charge on any atom is -0.380 e. The molecular formula is C15H23NO3S. The minimum absolute atomic E-state index is 0.0219. The zero-order valence-corrected chi connectivity index (χ0v) is 13.0. The zero-order chi connectivity index (χ0) is 14.6. The summed E-state index contributed by atoms with van der Waals surface area (Å²) in [5, 5.41) is 0. The average Bonchev–Trinajstić information content (AvgIpc) is 2.95. The van der Waals surface area contributed by atoms with Crippen LogP contribution in [0.15, 0.2) is 29.2 Å². The van der Waals surface area contributed by atoms with Crippen molar-refractivity contribution in [3.8, 4) is 0 Å². The second kappa shape index (κ2) is 6.70. The summed E-state index contributed by atoms with van der Waals surface area (Å²) in [7, 11) is -1.74. The molecule has 1 aromatic carbocycles. The van der Waals surface area contributed by atoms with Gasteiger partial charge >= 0.3 is 0 Å². The highest BCUT2D eigenvalue weighted by molar-refractivity contribution is 7.89. The van der Waals surface area contributed by atoms with Gasteiger partial charge in [0.15, 0.2) is 0 Å². The summed E-state index contributed by atoms with van der Waals surface area (Å²) in [5.74, 6) is 0. The van der Waals surface area contributed by atoms with Crippen molar-refractivity contribution >= 4 is 10.0 Å². The molecule has 112 valence electrons. The first-order chi connectivity index (χ1) is 9.57. The molecule has 1 fully saturated rings. The molecule has 0 bridgehead atoms. The van der Waals surface area contributed by atoms with Crippen molar-refractivity contribution in [1.29, 1.82) is 0 Å². The van der Waals surface area contributed by atoms with Crippen LogP contribution in [-0.4, -0.2) is 39.0 Å². The Hall–Kier alpha value is -0.910. The smallest absolute Gasteiger partial charge is 0.243 e. The van der Waals surface area contributed by atoms with E-state index in [0.29, 0.717) is 18.0 Å². The van der Waals surface area contributed by atoms with Crippen LogP contribution >= 0.6 is 0 Å². The molecule has 1 aromatic rings. The molecule has 20 heavy (non-hydrogen) atoms. The molecule has 0 aromatic heterocycles. The van der Waals surface area contributed by atoms with Gasteiger partial charge in [0.05, 0.1) is 11.0 Å². The third kappa shape index (κ3) is 3.40. The monoisotopic (exact) mass is 297 g/mol. The molecule has 1 saturated heterocycles. The Bertz CT molecular complexity index is 525. The lowest BCUT2D eigenvalue weighted by atomic mass is 10.1. The summed E-state index contributed by atoms with van der Waals surface area (Å²) in [6.07, 6.45) is 4.07. The minimum atomic E-state index is -3.37. The fourth-order valence-electron chi connectivity index (χ4n) is 2.47. The first kappa shape index (κ1) is 15.5. The number of methoxy groups -OCH3 is 1. The van der Waals surface area contributed by atoms with Crippen LogP contribution < -0.4 is 0 Å². The number of unbranched alkanes of at least 4 members (excludes halogenated alkanes) is 1. The molecule has 0 aliphatic carbocycles. The number of aryl methyl sites for hydroxylation is 1. The topological polar surface area (TPSA) is 46.6 Å². The Kier molecular flexibility index (Phi) is 5.18. The number of rotatable bonds is 6. The third-order valence-electron chi connectivity index (χ3n) is 3.82. The highest BCUT2D eigenvalue weighted by Crippen LogP contribution is 2.22. The molecule has 5 heteroatoms. The summed E-state index contributed by atoms with van der Waals surface area (Å²) in [6, 6.07) is 7.29. The van der Waals surface area contributed by atoms with Gasteiger partial charge < -0.3 is 4.74 Å². The molecule has 1 unspecified atom stereocenters. The summed E-state index contributed by atoms with van der Waals surface area (Å²) in [5.41, 5.74) is 1.20. The van der Waals surface area contributed by atoms with E-state index in [9.17, 15) is 8.42 Å². The van der Waals surface area contributed by atoms with Gasteiger partial charge in [0.1, 0.15) is 0 Å². The van der Waals surface area contributed by atoms with Crippen LogP contribution in [0.1, 0.15) is 31.7 Å². The molecule has 0 radical (unpaired) electrons. The Morgan fingerprint density at radius 3 is 2.55 bits per heavy atom. The van der Waals surface area contributed by atoms with Crippen LogP contribution in [-0.2, 0) is 21.2 Å². The predicted molar refractivity (Wildman–Crippen MR) is 79.2 cm³/mol. The molecule has 0 N–H and O–H groups in total. The van der Waals surface area contributed by atoms with Gasteiger partial charge in [-0.05, 0) is 37.0 Å². The first-order valence-electron chi connectivity index (χ1n) is 7.19. The van der Waals surface area contributed by atoms with Crippen molar-refractivity contribution in [2.24, 2.45) is 0 Å². The van der Waals surface area contributed by atoms with Crippen LogP contribution in [0.2, 0.25) is 0 Å². The van der Waals surface area contributed by atoms with Gasteiger partial charge in [0.25, 0.3) is 0 Å². The molecule has 1 heterocycles. The van der Waals surface area contributed by atoms with Crippen molar-refractivity contribution in [1.82, 2.24) is 4.31 Å². The zero-order valence-electron chi connectivity index (χ0n) is 12.2. The van der Waals surface area contributed by atoms with Crippen LogP contribution in [0, 0.1) is 0 Å². The van der Waals surface area contributed by atoms with Gasteiger partial charge in [-0.25, -0.2) is 8.42 Å². The van der Waals surface area contributed by atoms with E-state index in [4.69, 9.17) is 4.74 Å². The fraction of sp³-hybridized carbons (Fsp3) is 0.600. The van der Waals surface area contributed by atoms with E-state index in [1.54, 1.807) is 19.2 Å². The van der Waals surface area contributed by atoms with Crippen LogP contribution in [0.25, 0.3) is 0 Å². The number of ether oxygens (including phenoxy) is 1. The Balaban J connectivity index is 2.10. The van der Waals surface area contributed by atoms with Gasteiger partial charge in [-0.1, -0.05) is 25.5 Å². The molecule has 2 rings (SSSR count). The Labute approximate surface area is 121 Å². The molecule has 0 spiro atoms. The van der Waals surface area contributed by atoms with Crippen LogP contribution in [0.3, 0.4) is 0 Å². The third-order valence-corrected chi connectivity index (χ3v) is 5.70. The largest absolute Gasteiger partial charge is 0.380 e. The van der Waals surface area contributed by atoms with E-state index >= 15 is 0 Å². The quantitative estimate of drug-likeness (QED) is 0.810. The predicted octanol–water partition coefficient (Wildman–Crippen LogP) is 2.44. The molecule has 1 aliphatic heterocycles. The average molecular weight is 297 g/mol. The summed E-state index contributed by atoms with van der Waals surface area (Å²) in [6.45, 7) is 3.15. The number of sulfonamides is 1. The van der Waals surface area contributed by atoms with Crippen molar-refractivity contribution in [2.75, 3.05) is 20.2 Å². The maximum atomic E-state index is 12.5. The highest BCUT2D eigenvalue weighted by atomic mass is 32.2. The summed E-state index contributed by atoms with van der Waals surface area (Å²) < 4.78 is 31.7. The second-order valence-corrected chi connectivity index (χ2v) is 7.19. The Morgan fingerprint density at radius 1 is 1.30 bits per heavy atom. The normalized spacial score (nSPS) is 20.4. The van der Waals surface area contributed by atoms with Gasteiger partial charge in [0, 0.05) is 20.2 Å². The van der Waals surface area contributed by atoms with E-state index in [0.717, 1.165) is 25.7 Å². The lowest BCUT2D eigenvalue weighted by Crippen LogP contribution is -2.30. The van der Waals surface area contributed by atoms with Crippen molar-refractivity contribution < 1.29 is 13.2 Å². The number of hydrogen-bond donors (Lipinski definition) is 0. The SMILES string of the molecule is CCCCc1ccc(S(=O)(=O)N2CCC(OC)C2)cc1. The van der Waals surface area contributed by atoms with Crippen molar-refractivity contribution in [2.45, 2.75) is 43.6 Å². The van der Waals surface area contributed by atoms with Crippen LogP contribution in [0.4, 0.5) is 0 Å². The first-order valence-corrected chi connectivity index (χ1v) is 8.64. The summed E-state index contributed by atoms with van der Waals surface area (Å²) in [4.78, 5) is 0.384. The summed E-state index contributed by atoms with van der Waals surface area (Å²) >= 11 is 0. The number of benzene rings is 1. The van der Waals surface area contributed by atoms with E-state index < -0.39 is 10.0 Å². The molecule has 0 amide bonds. The molecule has 1 aliphatic rings. The number of nitrogens with zero attached hydrogens (tertiary/aromatic N) is 1. The Morgan fingerprint density at radius 2 is 2.00 bits per heavy atom. The van der Waals surface area contributed by atoms with E-state index in [-0.39, 0.29) is 6.10 Å². The molecule has 1 atom stereocenters.